The van der Waals surface area contributed by atoms with Crippen molar-refractivity contribution in [3.05, 3.63) is 75.9 Å². The molecule has 0 aliphatic heterocycles. The number of pyridine rings is 1. The first kappa shape index (κ1) is 14.5. The van der Waals surface area contributed by atoms with Gasteiger partial charge >= 0.3 is 11.6 Å². The van der Waals surface area contributed by atoms with Gasteiger partial charge in [0, 0.05) is 23.2 Å². The van der Waals surface area contributed by atoms with Crippen LogP contribution in [0.25, 0.3) is 11.0 Å². The number of esters is 1. The van der Waals surface area contributed by atoms with Crippen LogP contribution in [0.5, 0.6) is 0 Å². The van der Waals surface area contributed by atoms with Crippen LogP contribution in [0.3, 0.4) is 0 Å². The van der Waals surface area contributed by atoms with E-state index in [2.05, 4.69) is 16.8 Å². The SMILES string of the molecule is COC(=O)c1cc2ccc(=O)oc2cc1C#Cc1ccccn1. The van der Waals surface area contributed by atoms with Gasteiger partial charge in [-0.1, -0.05) is 12.0 Å². The van der Waals surface area contributed by atoms with Gasteiger partial charge in [-0.05, 0) is 36.3 Å². The van der Waals surface area contributed by atoms with Gasteiger partial charge in [0.15, 0.2) is 0 Å². The molecule has 0 amide bonds. The standard InChI is InChI=1S/C18H11NO4/c1-22-18(21)15-10-13-6-8-17(20)23-16(13)11-12(15)5-7-14-4-2-3-9-19-14/h2-4,6,8-11H,1H3. The second-order valence-electron chi connectivity index (χ2n) is 4.65. The zero-order valence-electron chi connectivity index (χ0n) is 12.2. The summed E-state index contributed by atoms with van der Waals surface area (Å²) in [6.45, 7) is 0. The third-order valence-corrected chi connectivity index (χ3v) is 3.15. The number of hydrogen-bond donors (Lipinski definition) is 0. The molecule has 0 aliphatic rings. The lowest BCUT2D eigenvalue weighted by atomic mass is 10.0. The highest BCUT2D eigenvalue weighted by Gasteiger charge is 2.13. The first-order valence-electron chi connectivity index (χ1n) is 6.76. The Labute approximate surface area is 131 Å². The molecule has 0 spiro atoms. The van der Waals surface area contributed by atoms with Crippen LogP contribution in [0.1, 0.15) is 21.6 Å². The van der Waals surface area contributed by atoms with Crippen molar-refractivity contribution in [1.82, 2.24) is 4.98 Å². The van der Waals surface area contributed by atoms with Gasteiger partial charge in [-0.25, -0.2) is 14.6 Å². The Kier molecular flexibility index (Phi) is 3.89. The molecule has 0 fully saturated rings. The topological polar surface area (TPSA) is 69.4 Å². The van der Waals surface area contributed by atoms with Gasteiger partial charge in [0.05, 0.1) is 12.7 Å². The maximum atomic E-state index is 12.0. The fraction of sp³-hybridized carbons (Fsp3) is 0.0556. The normalized spacial score (nSPS) is 9.96. The summed E-state index contributed by atoms with van der Waals surface area (Å²) in [5, 5.41) is 0.619. The highest BCUT2D eigenvalue weighted by atomic mass is 16.5. The molecule has 0 bridgehead atoms. The monoisotopic (exact) mass is 305 g/mol. The van der Waals surface area contributed by atoms with Crippen molar-refractivity contribution in [2.45, 2.75) is 0 Å². The number of hydrogen-bond acceptors (Lipinski definition) is 5. The molecule has 3 aromatic rings. The van der Waals surface area contributed by atoms with Gasteiger partial charge in [0.25, 0.3) is 0 Å². The minimum Gasteiger partial charge on any atom is -0.465 e. The summed E-state index contributed by atoms with van der Waals surface area (Å²) < 4.78 is 9.92. The summed E-state index contributed by atoms with van der Waals surface area (Å²) in [4.78, 5) is 27.4. The number of carbonyl (C=O) groups is 1. The zero-order chi connectivity index (χ0) is 16.2. The number of rotatable bonds is 1. The molecule has 3 rings (SSSR count). The fourth-order valence-corrected chi connectivity index (χ4v) is 2.07. The van der Waals surface area contributed by atoms with Crippen LogP contribution in [-0.4, -0.2) is 18.1 Å². The predicted octanol–water partition coefficient (Wildman–Crippen LogP) is 2.37. The first-order chi connectivity index (χ1) is 11.2. The molecule has 2 aromatic heterocycles. The molecule has 23 heavy (non-hydrogen) atoms. The van der Waals surface area contributed by atoms with Crippen LogP contribution in [-0.2, 0) is 4.74 Å². The van der Waals surface area contributed by atoms with Crippen molar-refractivity contribution in [3.8, 4) is 11.8 Å². The van der Waals surface area contributed by atoms with E-state index >= 15 is 0 Å². The van der Waals surface area contributed by atoms with Crippen LogP contribution in [0, 0.1) is 11.8 Å². The second kappa shape index (κ2) is 6.16. The molecular formula is C18H11NO4. The van der Waals surface area contributed by atoms with Crippen molar-refractivity contribution in [2.75, 3.05) is 7.11 Å². The van der Waals surface area contributed by atoms with Crippen LogP contribution < -0.4 is 5.63 Å². The minimum atomic E-state index is -0.511. The molecule has 0 saturated heterocycles. The number of aromatic nitrogens is 1. The summed E-state index contributed by atoms with van der Waals surface area (Å²) in [6, 6.07) is 11.4. The van der Waals surface area contributed by atoms with E-state index in [0.717, 1.165) is 0 Å². The first-order valence-corrected chi connectivity index (χ1v) is 6.76. The Morgan fingerprint density at radius 2 is 2.04 bits per heavy atom. The number of nitrogens with zero attached hydrogens (tertiary/aromatic N) is 1. The van der Waals surface area contributed by atoms with E-state index in [1.54, 1.807) is 36.5 Å². The summed E-state index contributed by atoms with van der Waals surface area (Å²) in [6.07, 6.45) is 1.63. The number of methoxy groups -OCH3 is 1. The van der Waals surface area contributed by atoms with Gasteiger partial charge in [-0.2, -0.15) is 0 Å². The predicted molar refractivity (Wildman–Crippen MR) is 84.0 cm³/mol. The van der Waals surface area contributed by atoms with Crippen molar-refractivity contribution in [2.24, 2.45) is 0 Å². The summed E-state index contributed by atoms with van der Waals surface area (Å²) in [7, 11) is 1.30. The smallest absolute Gasteiger partial charge is 0.339 e. The van der Waals surface area contributed by atoms with Crippen LogP contribution in [0.2, 0.25) is 0 Å². The highest BCUT2D eigenvalue weighted by Crippen LogP contribution is 2.19. The maximum Gasteiger partial charge on any atom is 0.339 e. The van der Waals surface area contributed by atoms with Gasteiger partial charge in [-0.3, -0.25) is 0 Å². The van der Waals surface area contributed by atoms with Crippen molar-refractivity contribution in [3.63, 3.8) is 0 Å². The molecular weight excluding hydrogens is 294 g/mol. The highest BCUT2D eigenvalue weighted by molar-refractivity contribution is 5.97. The molecule has 112 valence electrons. The number of carbonyl (C=O) groups excluding carboxylic acids is 1. The van der Waals surface area contributed by atoms with E-state index < -0.39 is 11.6 Å². The Balaban J connectivity index is 2.18. The molecule has 2 heterocycles. The molecule has 5 nitrogen and oxygen atoms in total. The molecule has 0 saturated carbocycles. The Morgan fingerprint density at radius 1 is 1.17 bits per heavy atom. The van der Waals surface area contributed by atoms with E-state index in [4.69, 9.17) is 9.15 Å². The van der Waals surface area contributed by atoms with Crippen molar-refractivity contribution < 1.29 is 13.9 Å². The lowest BCUT2D eigenvalue weighted by Crippen LogP contribution is -2.05. The van der Waals surface area contributed by atoms with E-state index in [1.807, 2.05) is 6.07 Å². The molecule has 0 radical (unpaired) electrons. The third-order valence-electron chi connectivity index (χ3n) is 3.15. The Bertz CT molecular complexity index is 994. The van der Waals surface area contributed by atoms with E-state index in [-0.39, 0.29) is 0 Å². The van der Waals surface area contributed by atoms with E-state index in [1.165, 1.54) is 13.2 Å². The minimum absolute atomic E-state index is 0.303. The second-order valence-corrected chi connectivity index (χ2v) is 4.65. The maximum absolute atomic E-state index is 12.0. The average molecular weight is 305 g/mol. The van der Waals surface area contributed by atoms with Crippen molar-refractivity contribution in [1.29, 1.82) is 0 Å². The van der Waals surface area contributed by atoms with Gasteiger partial charge in [-0.15, -0.1) is 0 Å². The molecule has 5 heteroatoms. The lowest BCUT2D eigenvalue weighted by molar-refractivity contribution is 0.0600. The summed E-state index contributed by atoms with van der Waals surface area (Å²) >= 11 is 0. The largest absolute Gasteiger partial charge is 0.465 e. The Hall–Kier alpha value is -3.39. The van der Waals surface area contributed by atoms with Crippen molar-refractivity contribution >= 4 is 16.9 Å². The van der Waals surface area contributed by atoms with Gasteiger partial charge < -0.3 is 9.15 Å². The summed E-state index contributed by atoms with van der Waals surface area (Å²) in [5.41, 5.74) is 1.17. The van der Waals surface area contributed by atoms with Crippen LogP contribution in [0.15, 0.2) is 57.9 Å². The molecule has 0 unspecified atom stereocenters. The molecule has 1 aromatic carbocycles. The fourth-order valence-electron chi connectivity index (χ4n) is 2.07. The van der Waals surface area contributed by atoms with E-state index in [9.17, 15) is 9.59 Å². The van der Waals surface area contributed by atoms with Crippen LogP contribution >= 0.6 is 0 Å². The number of benzene rings is 1. The number of ether oxygens (including phenoxy) is 1. The quantitative estimate of drug-likeness (QED) is 0.392. The van der Waals surface area contributed by atoms with Gasteiger partial charge in [0.2, 0.25) is 0 Å². The number of fused-ring (bicyclic) bond motifs is 1. The average Bonchev–Trinajstić information content (AvgIpc) is 2.59. The summed E-state index contributed by atoms with van der Waals surface area (Å²) in [5.74, 6) is 5.24. The lowest BCUT2D eigenvalue weighted by Gasteiger charge is -2.04. The zero-order valence-corrected chi connectivity index (χ0v) is 12.2. The van der Waals surface area contributed by atoms with Gasteiger partial charge in [0.1, 0.15) is 11.3 Å². The van der Waals surface area contributed by atoms with E-state index in [0.29, 0.717) is 27.8 Å². The molecule has 0 N–H and O–H groups in total. The third kappa shape index (κ3) is 3.11. The Morgan fingerprint density at radius 3 is 2.78 bits per heavy atom. The molecule has 0 atom stereocenters. The van der Waals surface area contributed by atoms with Crippen LogP contribution in [0.4, 0.5) is 0 Å². The molecule has 0 aliphatic carbocycles.